The molecule has 0 radical (unpaired) electrons. The number of carbonyl (C=O) groups is 1. The number of benzene rings is 2. The monoisotopic (exact) mass is 459 g/mol. The highest BCUT2D eigenvalue weighted by molar-refractivity contribution is 7.90. The Hall–Kier alpha value is -2.68. The predicted molar refractivity (Wildman–Crippen MR) is 120 cm³/mol. The predicted octanol–water partition coefficient (Wildman–Crippen LogP) is 4.62. The van der Waals surface area contributed by atoms with Crippen LogP contribution < -0.4 is 5.32 Å². The van der Waals surface area contributed by atoms with Gasteiger partial charge in [-0.3, -0.25) is 4.79 Å². The number of hydrogen-bond acceptors (Lipinski definition) is 5. The van der Waals surface area contributed by atoms with E-state index in [0.717, 1.165) is 4.88 Å². The summed E-state index contributed by atoms with van der Waals surface area (Å²) >= 11 is 7.44. The van der Waals surface area contributed by atoms with Crippen LogP contribution in [0.25, 0.3) is 0 Å². The molecule has 0 spiro atoms. The Kier molecular flexibility index (Phi) is 5.64. The molecule has 0 saturated heterocycles. The van der Waals surface area contributed by atoms with Crippen molar-refractivity contribution in [3.05, 3.63) is 81.0 Å². The molecule has 0 atom stereocenters. The lowest BCUT2D eigenvalue weighted by Crippen LogP contribution is -2.29. The normalized spacial score (nSPS) is 14.1. The Balaban J connectivity index is 1.50. The van der Waals surface area contributed by atoms with Crippen LogP contribution in [0.5, 0.6) is 0 Å². The quantitative estimate of drug-likeness (QED) is 0.603. The summed E-state index contributed by atoms with van der Waals surface area (Å²) in [6.07, 6.45) is 0. The molecular weight excluding hydrogens is 442 g/mol. The number of rotatable bonds is 5. The van der Waals surface area contributed by atoms with Crippen LogP contribution in [0.4, 0.5) is 5.69 Å². The van der Waals surface area contributed by atoms with Crippen LogP contribution in [-0.2, 0) is 16.6 Å². The molecule has 3 aromatic rings. The van der Waals surface area contributed by atoms with E-state index < -0.39 is 10.0 Å². The minimum absolute atomic E-state index is 0.0836. The fraction of sp³-hybridized carbons (Fsp3) is 0.143. The maximum Gasteiger partial charge on any atom is 0.285 e. The molecule has 1 N–H and O–H groups in total. The highest BCUT2D eigenvalue weighted by Crippen LogP contribution is 2.27. The number of halogens is 1. The third-order valence-corrected chi connectivity index (χ3v) is 7.22. The van der Waals surface area contributed by atoms with E-state index in [0.29, 0.717) is 34.2 Å². The molecule has 1 aliphatic heterocycles. The van der Waals surface area contributed by atoms with Gasteiger partial charge in [0, 0.05) is 28.2 Å². The van der Waals surface area contributed by atoms with Gasteiger partial charge in [-0.1, -0.05) is 23.7 Å². The Morgan fingerprint density at radius 1 is 1.10 bits per heavy atom. The molecule has 9 heteroatoms. The largest absolute Gasteiger partial charge is 0.339 e. The molecule has 0 saturated carbocycles. The molecule has 0 fully saturated rings. The van der Waals surface area contributed by atoms with E-state index in [1.165, 1.54) is 17.4 Å². The topological polar surface area (TPSA) is 78.8 Å². The van der Waals surface area contributed by atoms with Gasteiger partial charge < -0.3 is 10.2 Å². The smallest absolute Gasteiger partial charge is 0.285 e. The number of hydrogen-bond donors (Lipinski definition) is 1. The van der Waals surface area contributed by atoms with Crippen molar-refractivity contribution in [2.24, 2.45) is 4.40 Å². The van der Waals surface area contributed by atoms with Crippen LogP contribution >= 0.6 is 22.9 Å². The van der Waals surface area contributed by atoms with E-state index in [4.69, 9.17) is 11.6 Å². The van der Waals surface area contributed by atoms with E-state index in [1.54, 1.807) is 47.4 Å². The Morgan fingerprint density at radius 3 is 2.50 bits per heavy atom. The number of amides is 1. The molecule has 154 valence electrons. The summed E-state index contributed by atoms with van der Waals surface area (Å²) in [6.45, 7) is 3.00. The zero-order chi connectivity index (χ0) is 21.3. The number of thiophene rings is 1. The van der Waals surface area contributed by atoms with Crippen molar-refractivity contribution in [2.45, 2.75) is 18.4 Å². The van der Waals surface area contributed by atoms with Crippen molar-refractivity contribution in [2.75, 3.05) is 11.9 Å². The van der Waals surface area contributed by atoms with Crippen LogP contribution in [-0.4, -0.2) is 31.6 Å². The SMILES string of the molecule is CCN(Cc1ccc(Cl)s1)C(=O)c1ccc(NC2=NS(=O)(=O)c3ccccc32)cc1. The standard InChI is InChI=1S/C21H18ClN3O3S2/c1-2-25(13-16-11-12-19(22)29-16)21(26)14-7-9-15(10-8-14)23-20-17-5-3-4-6-18(17)30(27,28)24-20/h3-12H,2,13H2,1H3,(H,23,24). The van der Waals surface area contributed by atoms with Gasteiger partial charge >= 0.3 is 0 Å². The Labute approximate surface area is 183 Å². The van der Waals surface area contributed by atoms with Crippen molar-refractivity contribution in [3.63, 3.8) is 0 Å². The molecule has 1 aromatic heterocycles. The van der Waals surface area contributed by atoms with Crippen molar-refractivity contribution in [1.82, 2.24) is 4.90 Å². The highest BCUT2D eigenvalue weighted by atomic mass is 35.5. The lowest BCUT2D eigenvalue weighted by atomic mass is 10.1. The first-order valence-electron chi connectivity index (χ1n) is 9.22. The number of fused-ring (bicyclic) bond motifs is 1. The van der Waals surface area contributed by atoms with Gasteiger partial charge in [0.15, 0.2) is 5.84 Å². The number of amidine groups is 1. The van der Waals surface area contributed by atoms with E-state index in [-0.39, 0.29) is 16.6 Å². The van der Waals surface area contributed by atoms with E-state index in [1.807, 2.05) is 19.1 Å². The molecule has 0 unspecified atom stereocenters. The fourth-order valence-corrected chi connectivity index (χ4v) is 5.44. The first kappa shape index (κ1) is 20.6. The molecule has 1 amide bonds. The van der Waals surface area contributed by atoms with Crippen molar-refractivity contribution < 1.29 is 13.2 Å². The van der Waals surface area contributed by atoms with Crippen LogP contribution in [0.15, 0.2) is 70.0 Å². The second-order valence-electron chi connectivity index (χ2n) is 6.64. The average molecular weight is 460 g/mol. The molecule has 2 heterocycles. The number of sulfonamides is 1. The molecule has 30 heavy (non-hydrogen) atoms. The minimum atomic E-state index is -3.68. The maximum absolute atomic E-state index is 12.9. The number of anilines is 1. The molecule has 0 aliphatic carbocycles. The molecular formula is C21H18ClN3O3S2. The maximum atomic E-state index is 12.9. The minimum Gasteiger partial charge on any atom is -0.339 e. The van der Waals surface area contributed by atoms with Crippen molar-refractivity contribution >= 4 is 50.4 Å². The first-order valence-corrected chi connectivity index (χ1v) is 11.9. The lowest BCUT2D eigenvalue weighted by Gasteiger charge is -2.20. The van der Waals surface area contributed by atoms with Crippen LogP contribution in [0, 0.1) is 0 Å². The number of nitrogens with zero attached hydrogens (tertiary/aromatic N) is 2. The van der Waals surface area contributed by atoms with Crippen LogP contribution in [0.1, 0.15) is 27.7 Å². The summed E-state index contributed by atoms with van der Waals surface area (Å²) in [5.74, 6) is 0.189. The first-order chi connectivity index (χ1) is 14.4. The van der Waals surface area contributed by atoms with Gasteiger partial charge in [0.2, 0.25) is 0 Å². The fourth-order valence-electron chi connectivity index (χ4n) is 3.16. The third kappa shape index (κ3) is 4.12. The van der Waals surface area contributed by atoms with Gasteiger partial charge in [0.1, 0.15) is 4.90 Å². The second kappa shape index (κ2) is 8.22. The van der Waals surface area contributed by atoms with Crippen LogP contribution in [0.2, 0.25) is 4.34 Å². The third-order valence-electron chi connectivity index (χ3n) is 4.67. The van der Waals surface area contributed by atoms with E-state index in [2.05, 4.69) is 9.71 Å². The molecule has 2 aromatic carbocycles. The number of nitrogens with one attached hydrogen (secondary N) is 1. The lowest BCUT2D eigenvalue weighted by molar-refractivity contribution is 0.0754. The summed E-state index contributed by atoms with van der Waals surface area (Å²) in [5, 5.41) is 3.04. The van der Waals surface area contributed by atoms with Gasteiger partial charge in [-0.05, 0) is 55.5 Å². The van der Waals surface area contributed by atoms with Crippen molar-refractivity contribution in [3.8, 4) is 0 Å². The highest BCUT2D eigenvalue weighted by Gasteiger charge is 2.28. The molecule has 4 rings (SSSR count). The van der Waals surface area contributed by atoms with Crippen LogP contribution in [0.3, 0.4) is 0 Å². The van der Waals surface area contributed by atoms with Gasteiger partial charge in [-0.2, -0.15) is 8.42 Å². The molecule has 6 nitrogen and oxygen atoms in total. The van der Waals surface area contributed by atoms with E-state index in [9.17, 15) is 13.2 Å². The number of carbonyl (C=O) groups excluding carboxylic acids is 1. The Bertz CT molecular complexity index is 1230. The van der Waals surface area contributed by atoms with Gasteiger partial charge in [0.25, 0.3) is 15.9 Å². The second-order valence-corrected chi connectivity index (χ2v) is 10.0. The molecule has 1 aliphatic rings. The summed E-state index contributed by atoms with van der Waals surface area (Å²) < 4.78 is 28.9. The van der Waals surface area contributed by atoms with E-state index >= 15 is 0 Å². The molecule has 0 bridgehead atoms. The van der Waals surface area contributed by atoms with Crippen molar-refractivity contribution in [1.29, 1.82) is 0 Å². The van der Waals surface area contributed by atoms with Gasteiger partial charge in [-0.25, -0.2) is 0 Å². The zero-order valence-electron chi connectivity index (χ0n) is 16.0. The summed E-state index contributed by atoms with van der Waals surface area (Å²) in [7, 11) is -3.68. The average Bonchev–Trinajstić information content (AvgIpc) is 3.26. The van der Waals surface area contributed by atoms with Gasteiger partial charge in [0.05, 0.1) is 10.9 Å². The van der Waals surface area contributed by atoms with Gasteiger partial charge in [-0.15, -0.1) is 15.7 Å². The Morgan fingerprint density at radius 2 is 1.83 bits per heavy atom. The summed E-state index contributed by atoms with van der Waals surface area (Å²) in [4.78, 5) is 15.8. The summed E-state index contributed by atoms with van der Waals surface area (Å²) in [6, 6.07) is 17.3. The summed E-state index contributed by atoms with van der Waals surface area (Å²) in [5.41, 5.74) is 1.72. The zero-order valence-corrected chi connectivity index (χ0v) is 18.4.